The van der Waals surface area contributed by atoms with Crippen molar-refractivity contribution < 1.29 is 9.53 Å². The van der Waals surface area contributed by atoms with E-state index in [1.54, 1.807) is 48.2 Å². The summed E-state index contributed by atoms with van der Waals surface area (Å²) in [4.78, 5) is 21.1. The van der Waals surface area contributed by atoms with E-state index < -0.39 is 0 Å². The second-order valence-electron chi connectivity index (χ2n) is 7.13. The number of imidazole rings is 1. The number of thiazole rings is 1. The molecule has 8 nitrogen and oxygen atoms in total. The van der Waals surface area contributed by atoms with Gasteiger partial charge in [0.2, 0.25) is 5.88 Å². The molecule has 9 heteroatoms. The maximum Gasteiger partial charge on any atom is 0.255 e. The topological polar surface area (TPSA) is 94.8 Å². The van der Waals surface area contributed by atoms with Crippen molar-refractivity contribution in [3.8, 4) is 17.4 Å². The van der Waals surface area contributed by atoms with Crippen LogP contribution in [0.1, 0.15) is 21.7 Å². The summed E-state index contributed by atoms with van der Waals surface area (Å²) >= 11 is 1.51. The zero-order chi connectivity index (χ0) is 22.1. The molecule has 0 aliphatic rings. The average molecular weight is 443 g/mol. The Morgan fingerprint density at radius 1 is 1.00 bits per heavy atom. The minimum absolute atomic E-state index is 0.180. The molecule has 0 aliphatic heterocycles. The molecule has 158 valence electrons. The maximum atomic E-state index is 12.5. The van der Waals surface area contributed by atoms with Crippen LogP contribution in [0, 0.1) is 13.8 Å². The standard InChI is InChI=1S/C23H18N6O2S/c1-14-15(2)29(12-24-14)21-9-10-22(28-27-21)31-18-6-4-17(5-7-18)26-23(30)16-3-8-19-20(11-16)32-13-25-19/h3-13H,1-2H3,(H,26,30). The number of ether oxygens (including phenoxy) is 1. The molecule has 0 aliphatic carbocycles. The fourth-order valence-corrected chi connectivity index (χ4v) is 3.87. The highest BCUT2D eigenvalue weighted by Gasteiger charge is 2.10. The fraction of sp³-hybridized carbons (Fsp3) is 0.0870. The Labute approximate surface area is 187 Å². The number of carbonyl (C=O) groups is 1. The predicted molar refractivity (Wildman–Crippen MR) is 123 cm³/mol. The van der Waals surface area contributed by atoms with Crippen molar-refractivity contribution in [1.29, 1.82) is 0 Å². The van der Waals surface area contributed by atoms with Gasteiger partial charge in [-0.15, -0.1) is 21.5 Å². The molecule has 32 heavy (non-hydrogen) atoms. The molecule has 5 rings (SSSR count). The summed E-state index contributed by atoms with van der Waals surface area (Å²) in [6, 6.07) is 16.1. The minimum Gasteiger partial charge on any atom is -0.438 e. The monoisotopic (exact) mass is 442 g/mol. The zero-order valence-corrected chi connectivity index (χ0v) is 18.1. The van der Waals surface area contributed by atoms with Gasteiger partial charge in [-0.1, -0.05) is 0 Å². The number of benzene rings is 2. The van der Waals surface area contributed by atoms with Gasteiger partial charge in [0.1, 0.15) is 12.1 Å². The van der Waals surface area contributed by atoms with Gasteiger partial charge in [0.15, 0.2) is 5.82 Å². The minimum atomic E-state index is -0.180. The first-order valence-corrected chi connectivity index (χ1v) is 10.7. The smallest absolute Gasteiger partial charge is 0.255 e. The Kier molecular flexibility index (Phi) is 5.08. The highest BCUT2D eigenvalue weighted by atomic mass is 32.1. The number of fused-ring (bicyclic) bond motifs is 1. The Hall–Kier alpha value is -4.11. The van der Waals surface area contributed by atoms with Crippen LogP contribution in [0.2, 0.25) is 0 Å². The Morgan fingerprint density at radius 2 is 1.84 bits per heavy atom. The van der Waals surface area contributed by atoms with Crippen LogP contribution < -0.4 is 10.1 Å². The molecule has 0 atom stereocenters. The number of hydrogen-bond donors (Lipinski definition) is 1. The van der Waals surface area contributed by atoms with Crippen LogP contribution in [0.5, 0.6) is 11.6 Å². The molecular formula is C23H18N6O2S. The lowest BCUT2D eigenvalue weighted by atomic mass is 10.2. The molecular weight excluding hydrogens is 424 g/mol. The largest absolute Gasteiger partial charge is 0.438 e. The normalized spacial score (nSPS) is 10.9. The summed E-state index contributed by atoms with van der Waals surface area (Å²) in [5, 5.41) is 11.2. The Morgan fingerprint density at radius 3 is 2.56 bits per heavy atom. The Balaban J connectivity index is 1.24. The molecule has 3 aromatic heterocycles. The number of amides is 1. The van der Waals surface area contributed by atoms with Crippen molar-refractivity contribution in [2.45, 2.75) is 13.8 Å². The van der Waals surface area contributed by atoms with Gasteiger partial charge >= 0.3 is 0 Å². The van der Waals surface area contributed by atoms with E-state index in [9.17, 15) is 4.79 Å². The summed E-state index contributed by atoms with van der Waals surface area (Å²) in [6.45, 7) is 3.93. The highest BCUT2D eigenvalue weighted by Crippen LogP contribution is 2.23. The van der Waals surface area contributed by atoms with Crippen LogP contribution in [0.25, 0.3) is 16.0 Å². The van der Waals surface area contributed by atoms with Crippen LogP contribution >= 0.6 is 11.3 Å². The first kappa shape index (κ1) is 19.8. The van der Waals surface area contributed by atoms with Gasteiger partial charge in [-0.25, -0.2) is 9.97 Å². The van der Waals surface area contributed by atoms with Gasteiger partial charge in [-0.2, -0.15) is 0 Å². The first-order valence-electron chi connectivity index (χ1n) is 9.84. The summed E-state index contributed by atoms with van der Waals surface area (Å²) in [7, 11) is 0. The van der Waals surface area contributed by atoms with Crippen LogP contribution in [-0.2, 0) is 0 Å². The molecule has 0 fully saturated rings. The molecule has 3 heterocycles. The molecule has 0 unspecified atom stereocenters. The number of nitrogens with one attached hydrogen (secondary N) is 1. The van der Waals surface area contributed by atoms with E-state index in [4.69, 9.17) is 4.74 Å². The first-order chi connectivity index (χ1) is 15.6. The summed E-state index contributed by atoms with van der Waals surface area (Å²) in [5.41, 5.74) is 5.86. The molecule has 0 radical (unpaired) electrons. The zero-order valence-electron chi connectivity index (χ0n) is 17.3. The van der Waals surface area contributed by atoms with Crippen LogP contribution in [-0.4, -0.2) is 30.6 Å². The molecule has 1 N–H and O–H groups in total. The SMILES string of the molecule is Cc1ncn(-c2ccc(Oc3ccc(NC(=O)c4ccc5ncsc5c4)cc3)nn2)c1C. The molecule has 0 spiro atoms. The lowest BCUT2D eigenvalue weighted by Crippen LogP contribution is -2.11. The van der Waals surface area contributed by atoms with Crippen LogP contribution in [0.3, 0.4) is 0 Å². The van der Waals surface area contributed by atoms with Crippen molar-refractivity contribution in [1.82, 2.24) is 24.7 Å². The number of carbonyl (C=O) groups excluding carboxylic acids is 1. The van der Waals surface area contributed by atoms with Gasteiger partial charge in [0, 0.05) is 23.0 Å². The van der Waals surface area contributed by atoms with Gasteiger partial charge in [0.25, 0.3) is 5.91 Å². The summed E-state index contributed by atoms with van der Waals surface area (Å²) in [6.07, 6.45) is 1.72. The number of hydrogen-bond acceptors (Lipinski definition) is 7. The van der Waals surface area contributed by atoms with Crippen molar-refractivity contribution in [3.05, 3.63) is 83.4 Å². The fourth-order valence-electron chi connectivity index (χ4n) is 3.15. The second-order valence-corrected chi connectivity index (χ2v) is 8.02. The lowest BCUT2D eigenvalue weighted by molar-refractivity contribution is 0.102. The van der Waals surface area contributed by atoms with E-state index in [-0.39, 0.29) is 5.91 Å². The maximum absolute atomic E-state index is 12.5. The number of anilines is 1. The summed E-state index contributed by atoms with van der Waals surface area (Å²) in [5.74, 6) is 1.45. The van der Waals surface area contributed by atoms with Crippen LogP contribution in [0.15, 0.2) is 66.4 Å². The van der Waals surface area contributed by atoms with Crippen molar-refractivity contribution in [3.63, 3.8) is 0 Å². The molecule has 5 aromatic rings. The van der Waals surface area contributed by atoms with E-state index >= 15 is 0 Å². The van der Waals surface area contributed by atoms with Gasteiger partial charge in [-0.3, -0.25) is 9.36 Å². The molecule has 0 saturated carbocycles. The third-order valence-corrected chi connectivity index (χ3v) is 5.84. The number of aryl methyl sites for hydroxylation is 1. The van der Waals surface area contributed by atoms with E-state index in [2.05, 4.69) is 25.5 Å². The van der Waals surface area contributed by atoms with E-state index in [0.717, 1.165) is 21.6 Å². The van der Waals surface area contributed by atoms with E-state index in [0.29, 0.717) is 28.7 Å². The summed E-state index contributed by atoms with van der Waals surface area (Å²) < 4.78 is 8.62. The average Bonchev–Trinajstić information content (AvgIpc) is 3.42. The highest BCUT2D eigenvalue weighted by molar-refractivity contribution is 7.16. The van der Waals surface area contributed by atoms with Crippen molar-refractivity contribution in [2.75, 3.05) is 5.32 Å². The molecule has 2 aromatic carbocycles. The second kappa shape index (κ2) is 8.20. The van der Waals surface area contributed by atoms with Gasteiger partial charge < -0.3 is 10.1 Å². The number of aromatic nitrogens is 5. The lowest BCUT2D eigenvalue weighted by Gasteiger charge is -2.08. The van der Waals surface area contributed by atoms with Crippen molar-refractivity contribution in [2.24, 2.45) is 0 Å². The van der Waals surface area contributed by atoms with Crippen LogP contribution in [0.4, 0.5) is 5.69 Å². The molecule has 1 amide bonds. The van der Waals surface area contributed by atoms with Gasteiger partial charge in [0.05, 0.1) is 21.4 Å². The third-order valence-electron chi connectivity index (χ3n) is 5.05. The van der Waals surface area contributed by atoms with E-state index in [1.165, 1.54) is 11.3 Å². The number of rotatable bonds is 5. The number of nitrogens with zero attached hydrogens (tertiary/aromatic N) is 5. The predicted octanol–water partition coefficient (Wildman–Crippen LogP) is 4.93. The van der Waals surface area contributed by atoms with Gasteiger partial charge in [-0.05, 0) is 62.4 Å². The third kappa shape index (κ3) is 3.93. The Bertz CT molecular complexity index is 1410. The van der Waals surface area contributed by atoms with E-state index in [1.807, 2.05) is 36.6 Å². The van der Waals surface area contributed by atoms with Crippen molar-refractivity contribution >= 4 is 33.1 Å². The molecule has 0 saturated heterocycles. The quantitative estimate of drug-likeness (QED) is 0.415. The molecule has 0 bridgehead atoms.